The molecule has 0 aliphatic rings. The quantitative estimate of drug-likeness (QED) is 0.217. The smallest absolute Gasteiger partial charge is 0.332 e. The van der Waals surface area contributed by atoms with E-state index in [9.17, 15) is 4.79 Å². The highest BCUT2D eigenvalue weighted by Crippen LogP contribution is 1.92. The maximum absolute atomic E-state index is 10.8. The fraction of sp³-hybridized carbons (Fsp3) is 0.250. The van der Waals surface area contributed by atoms with Gasteiger partial charge in [0.2, 0.25) is 0 Å². The zero-order chi connectivity index (χ0) is 9.40. The summed E-state index contributed by atoms with van der Waals surface area (Å²) in [4.78, 5) is 10.8. The highest BCUT2D eigenvalue weighted by Gasteiger charge is 2.00. The van der Waals surface area contributed by atoms with Crippen molar-refractivity contribution in [1.29, 1.82) is 0 Å². The summed E-state index contributed by atoms with van der Waals surface area (Å²) in [7, 11) is 0. The van der Waals surface area contributed by atoms with Gasteiger partial charge in [0.05, 0.1) is 0 Å². The van der Waals surface area contributed by atoms with Gasteiger partial charge in [-0.1, -0.05) is 13.2 Å². The Balaban J connectivity index is 3.59. The lowest BCUT2D eigenvalue weighted by Crippen LogP contribution is -2.19. The van der Waals surface area contributed by atoms with Gasteiger partial charge in [-0.2, -0.15) is 5.10 Å². The summed E-state index contributed by atoms with van der Waals surface area (Å²) in [6, 6.07) is 0. The molecule has 0 bridgehead atoms. The maximum Gasteiger partial charge on any atom is 0.332 e. The summed E-state index contributed by atoms with van der Waals surface area (Å²) in [5, 5.41) is 3.61. The summed E-state index contributed by atoms with van der Waals surface area (Å²) in [6.07, 6.45) is 2.90. The Labute approximate surface area is 71.6 Å². The second-order valence-corrected chi connectivity index (χ2v) is 1.87. The van der Waals surface area contributed by atoms with Crippen LogP contribution in [0.25, 0.3) is 0 Å². The van der Waals surface area contributed by atoms with Crippen molar-refractivity contribution in [2.24, 2.45) is 5.10 Å². The summed E-state index contributed by atoms with van der Waals surface area (Å²) in [6.45, 7) is 8.56. The van der Waals surface area contributed by atoms with Crippen molar-refractivity contribution in [3.63, 3.8) is 0 Å². The number of carbonyl (C=O) groups is 1. The van der Waals surface area contributed by atoms with Crippen LogP contribution in [0.5, 0.6) is 0 Å². The number of hydrogen-bond donors (Lipinski definition) is 1. The molecule has 4 heteroatoms. The first-order valence-corrected chi connectivity index (χ1v) is 3.43. The van der Waals surface area contributed by atoms with Crippen molar-refractivity contribution >= 4 is 12.2 Å². The summed E-state index contributed by atoms with van der Waals surface area (Å²) >= 11 is 0. The molecule has 0 saturated carbocycles. The van der Waals surface area contributed by atoms with Gasteiger partial charge in [0.15, 0.2) is 0 Å². The fourth-order valence-corrected chi connectivity index (χ4v) is 0.425. The van der Waals surface area contributed by atoms with E-state index >= 15 is 0 Å². The third kappa shape index (κ3) is 5.22. The number of carbonyl (C=O) groups excluding carboxylic acids is 1. The van der Waals surface area contributed by atoms with Gasteiger partial charge >= 0.3 is 5.97 Å². The van der Waals surface area contributed by atoms with Crippen LogP contribution < -0.4 is 5.43 Å². The number of nitrogens with zero attached hydrogens (tertiary/aromatic N) is 1. The van der Waals surface area contributed by atoms with Crippen LogP contribution in [0.3, 0.4) is 0 Å². The molecule has 66 valence electrons. The third-order valence-electron chi connectivity index (χ3n) is 0.916. The average Bonchev–Trinajstić information content (AvgIpc) is 2.05. The van der Waals surface area contributed by atoms with Gasteiger partial charge in [0.1, 0.15) is 12.3 Å². The zero-order valence-corrected chi connectivity index (χ0v) is 7.04. The number of hydrazone groups is 1. The SMILES string of the molecule is C=CC(=C)OC(=O)CN/N=C/C. The number of esters is 1. The van der Waals surface area contributed by atoms with E-state index in [2.05, 4.69) is 28.4 Å². The minimum atomic E-state index is -0.439. The molecule has 0 unspecified atom stereocenters. The summed E-state index contributed by atoms with van der Waals surface area (Å²) in [5.41, 5.74) is 2.48. The molecule has 0 atom stereocenters. The molecular weight excluding hydrogens is 156 g/mol. The Bertz CT molecular complexity index is 209. The molecular formula is C8H12N2O2. The van der Waals surface area contributed by atoms with Crippen molar-refractivity contribution < 1.29 is 9.53 Å². The molecule has 0 saturated heterocycles. The van der Waals surface area contributed by atoms with Gasteiger partial charge in [-0.3, -0.25) is 5.43 Å². The Morgan fingerprint density at radius 1 is 1.75 bits per heavy atom. The number of hydrogen-bond acceptors (Lipinski definition) is 4. The average molecular weight is 168 g/mol. The molecule has 0 aliphatic heterocycles. The summed E-state index contributed by atoms with van der Waals surface area (Å²) in [5.74, 6) is -0.201. The van der Waals surface area contributed by atoms with Crippen LogP contribution in [0.15, 0.2) is 30.1 Å². The normalized spacial score (nSPS) is 9.42. The van der Waals surface area contributed by atoms with Crippen LogP contribution in [0, 0.1) is 0 Å². The molecule has 0 rings (SSSR count). The molecule has 0 heterocycles. The van der Waals surface area contributed by atoms with Gasteiger partial charge in [0, 0.05) is 6.21 Å². The lowest BCUT2D eigenvalue weighted by Gasteiger charge is -2.01. The molecule has 0 aliphatic carbocycles. The standard InChI is InChI=1S/C8H12N2O2/c1-4-7(3)12-8(11)6-10-9-5-2/h4-5,10H,1,3,6H2,2H3/b9-5+. The first-order valence-electron chi connectivity index (χ1n) is 3.43. The van der Waals surface area contributed by atoms with E-state index in [-0.39, 0.29) is 12.3 Å². The van der Waals surface area contributed by atoms with Crippen molar-refractivity contribution in [3.8, 4) is 0 Å². The Morgan fingerprint density at radius 3 is 2.92 bits per heavy atom. The van der Waals surface area contributed by atoms with E-state index in [0.717, 1.165) is 0 Å². The number of ether oxygens (including phenoxy) is 1. The Kier molecular flexibility index (Phi) is 5.34. The highest BCUT2D eigenvalue weighted by atomic mass is 16.5. The lowest BCUT2D eigenvalue weighted by molar-refractivity contribution is -0.137. The second-order valence-electron chi connectivity index (χ2n) is 1.87. The van der Waals surface area contributed by atoms with Crippen molar-refractivity contribution in [2.75, 3.05) is 6.54 Å². The third-order valence-corrected chi connectivity index (χ3v) is 0.916. The van der Waals surface area contributed by atoms with E-state index in [0.29, 0.717) is 0 Å². The zero-order valence-electron chi connectivity index (χ0n) is 7.04. The van der Waals surface area contributed by atoms with Crippen LogP contribution in [0.1, 0.15) is 6.92 Å². The van der Waals surface area contributed by atoms with E-state index in [1.54, 1.807) is 6.92 Å². The van der Waals surface area contributed by atoms with Crippen LogP contribution in [0.4, 0.5) is 0 Å². The molecule has 0 spiro atoms. The first kappa shape index (κ1) is 10.4. The predicted molar refractivity (Wildman–Crippen MR) is 47.6 cm³/mol. The van der Waals surface area contributed by atoms with E-state index in [1.165, 1.54) is 12.3 Å². The fourth-order valence-electron chi connectivity index (χ4n) is 0.425. The minimum absolute atomic E-state index is 0.0250. The largest absolute Gasteiger partial charge is 0.426 e. The Hall–Kier alpha value is -1.58. The predicted octanol–water partition coefficient (Wildman–Crippen LogP) is 0.825. The van der Waals surface area contributed by atoms with Gasteiger partial charge in [-0.15, -0.1) is 0 Å². The van der Waals surface area contributed by atoms with E-state index in [4.69, 9.17) is 0 Å². The number of allylic oxidation sites excluding steroid dienone is 1. The number of rotatable bonds is 5. The van der Waals surface area contributed by atoms with Crippen molar-refractivity contribution in [2.45, 2.75) is 6.92 Å². The van der Waals surface area contributed by atoms with Crippen LogP contribution in [-0.4, -0.2) is 18.7 Å². The molecule has 0 aromatic carbocycles. The van der Waals surface area contributed by atoms with Crippen LogP contribution in [-0.2, 0) is 9.53 Å². The van der Waals surface area contributed by atoms with Crippen LogP contribution >= 0.6 is 0 Å². The van der Waals surface area contributed by atoms with Crippen molar-refractivity contribution in [1.82, 2.24) is 5.43 Å². The molecule has 12 heavy (non-hydrogen) atoms. The molecule has 0 aromatic heterocycles. The second kappa shape index (κ2) is 6.15. The molecule has 0 fully saturated rings. The van der Waals surface area contributed by atoms with Gasteiger partial charge in [-0.25, -0.2) is 4.79 Å². The molecule has 0 amide bonds. The molecule has 0 radical (unpaired) electrons. The number of nitrogens with one attached hydrogen (secondary N) is 1. The molecule has 4 nitrogen and oxygen atoms in total. The molecule has 1 N–H and O–H groups in total. The minimum Gasteiger partial charge on any atom is -0.426 e. The Morgan fingerprint density at radius 2 is 2.42 bits per heavy atom. The maximum atomic E-state index is 10.8. The van der Waals surface area contributed by atoms with Gasteiger partial charge in [0.25, 0.3) is 0 Å². The monoisotopic (exact) mass is 168 g/mol. The highest BCUT2D eigenvalue weighted by molar-refractivity contribution is 5.73. The first-order chi connectivity index (χ1) is 5.70. The van der Waals surface area contributed by atoms with Gasteiger partial charge in [-0.05, 0) is 13.0 Å². The van der Waals surface area contributed by atoms with Crippen LogP contribution in [0.2, 0.25) is 0 Å². The molecule has 0 aromatic rings. The lowest BCUT2D eigenvalue weighted by atomic mass is 10.5. The topological polar surface area (TPSA) is 50.7 Å². The van der Waals surface area contributed by atoms with E-state index < -0.39 is 5.97 Å². The van der Waals surface area contributed by atoms with E-state index in [1.807, 2.05) is 0 Å². The summed E-state index contributed by atoms with van der Waals surface area (Å²) < 4.78 is 4.66. The van der Waals surface area contributed by atoms with Gasteiger partial charge < -0.3 is 4.74 Å². The van der Waals surface area contributed by atoms with Crippen molar-refractivity contribution in [3.05, 3.63) is 25.0 Å².